The molecule has 0 aliphatic rings. The Morgan fingerprint density at radius 3 is 2.26 bits per heavy atom. The van der Waals surface area contributed by atoms with Crippen molar-refractivity contribution in [2.75, 3.05) is 5.32 Å². The van der Waals surface area contributed by atoms with Crippen LogP contribution in [0, 0.1) is 0 Å². The van der Waals surface area contributed by atoms with E-state index in [1.807, 2.05) is 62.4 Å². The van der Waals surface area contributed by atoms with Gasteiger partial charge in [-0.05, 0) is 39.5 Å². The number of nitrogens with zero attached hydrogens (tertiary/aromatic N) is 5. The standard InChI is InChI=1S/C24H24F3N7/c1-4-19-20(14(2)3)22(30-23(29-19)24(25,26)27)28-13-15-9-11-16(12-10-15)17-7-5-6-8-18(17)21-31-33-34-32-21/h5-12,14H,4,13H2,1-3H3,(H,28,29,30)(H,31,32,33,34). The van der Waals surface area contributed by atoms with Crippen LogP contribution in [0.4, 0.5) is 19.0 Å². The normalized spacial score (nSPS) is 11.7. The second-order valence-electron chi connectivity index (χ2n) is 8.11. The first-order chi connectivity index (χ1) is 16.3. The lowest BCUT2D eigenvalue weighted by Crippen LogP contribution is -2.18. The second-order valence-corrected chi connectivity index (χ2v) is 8.11. The van der Waals surface area contributed by atoms with E-state index in [0.29, 0.717) is 30.0 Å². The van der Waals surface area contributed by atoms with Gasteiger partial charge in [0, 0.05) is 23.4 Å². The zero-order chi connectivity index (χ0) is 24.3. The first-order valence-corrected chi connectivity index (χ1v) is 10.9. The molecule has 176 valence electrons. The molecule has 34 heavy (non-hydrogen) atoms. The molecule has 0 fully saturated rings. The molecular weight excluding hydrogens is 443 g/mol. The first kappa shape index (κ1) is 23.3. The van der Waals surface area contributed by atoms with E-state index in [2.05, 4.69) is 35.9 Å². The molecule has 0 aliphatic carbocycles. The van der Waals surface area contributed by atoms with Gasteiger partial charge in [0.25, 0.3) is 0 Å². The van der Waals surface area contributed by atoms with E-state index in [4.69, 9.17) is 0 Å². The van der Waals surface area contributed by atoms with Crippen molar-refractivity contribution >= 4 is 5.82 Å². The summed E-state index contributed by atoms with van der Waals surface area (Å²) in [7, 11) is 0. The van der Waals surface area contributed by atoms with Crippen LogP contribution in [0.25, 0.3) is 22.5 Å². The maximum Gasteiger partial charge on any atom is 0.451 e. The lowest BCUT2D eigenvalue weighted by Gasteiger charge is -2.19. The highest BCUT2D eigenvalue weighted by Gasteiger charge is 2.36. The molecule has 2 aromatic heterocycles. The number of hydrogen-bond donors (Lipinski definition) is 2. The van der Waals surface area contributed by atoms with E-state index >= 15 is 0 Å². The largest absolute Gasteiger partial charge is 0.451 e. The fraction of sp³-hybridized carbons (Fsp3) is 0.292. The molecule has 2 aromatic carbocycles. The van der Waals surface area contributed by atoms with Gasteiger partial charge in [0.05, 0.1) is 0 Å². The molecule has 0 bridgehead atoms. The topological polar surface area (TPSA) is 92.3 Å². The molecule has 0 saturated carbocycles. The number of aryl methyl sites for hydroxylation is 1. The maximum atomic E-state index is 13.4. The zero-order valence-corrected chi connectivity index (χ0v) is 19.0. The van der Waals surface area contributed by atoms with Crippen LogP contribution in [0.15, 0.2) is 48.5 Å². The maximum absolute atomic E-state index is 13.4. The molecule has 4 rings (SSSR count). The Labute approximate surface area is 194 Å². The molecule has 0 spiro atoms. The van der Waals surface area contributed by atoms with E-state index in [1.165, 1.54) is 0 Å². The fourth-order valence-corrected chi connectivity index (χ4v) is 3.86. The summed E-state index contributed by atoms with van der Waals surface area (Å²) in [5, 5.41) is 17.2. The Hall–Kier alpha value is -3.82. The van der Waals surface area contributed by atoms with Gasteiger partial charge < -0.3 is 5.32 Å². The minimum Gasteiger partial charge on any atom is -0.366 e. The van der Waals surface area contributed by atoms with E-state index in [9.17, 15) is 13.2 Å². The average molecular weight is 467 g/mol. The number of halogens is 3. The monoisotopic (exact) mass is 467 g/mol. The van der Waals surface area contributed by atoms with Gasteiger partial charge in [0.2, 0.25) is 5.82 Å². The van der Waals surface area contributed by atoms with Crippen molar-refractivity contribution in [1.82, 2.24) is 30.6 Å². The van der Waals surface area contributed by atoms with Gasteiger partial charge >= 0.3 is 6.18 Å². The number of nitrogens with one attached hydrogen (secondary N) is 2. The number of hydrogen-bond acceptors (Lipinski definition) is 6. The third-order valence-corrected chi connectivity index (χ3v) is 5.44. The molecule has 2 heterocycles. The zero-order valence-electron chi connectivity index (χ0n) is 19.0. The van der Waals surface area contributed by atoms with Gasteiger partial charge in [0.1, 0.15) is 5.82 Å². The Bertz CT molecular complexity index is 1250. The number of tetrazole rings is 1. The summed E-state index contributed by atoms with van der Waals surface area (Å²) in [6.45, 7) is 5.97. The van der Waals surface area contributed by atoms with Crippen LogP contribution in [0.3, 0.4) is 0 Å². The average Bonchev–Trinajstić information content (AvgIpc) is 3.36. The Morgan fingerprint density at radius 1 is 0.971 bits per heavy atom. The lowest BCUT2D eigenvalue weighted by atomic mass is 9.98. The van der Waals surface area contributed by atoms with Crippen molar-refractivity contribution in [2.24, 2.45) is 0 Å². The Balaban J connectivity index is 1.59. The number of H-pyrrole nitrogens is 1. The summed E-state index contributed by atoms with van der Waals surface area (Å²) < 4.78 is 40.1. The molecule has 0 amide bonds. The molecule has 0 saturated heterocycles. The minimum absolute atomic E-state index is 0.0239. The highest BCUT2D eigenvalue weighted by atomic mass is 19.4. The van der Waals surface area contributed by atoms with E-state index in [0.717, 1.165) is 22.3 Å². The third-order valence-electron chi connectivity index (χ3n) is 5.44. The van der Waals surface area contributed by atoms with Crippen molar-refractivity contribution in [3.8, 4) is 22.5 Å². The molecule has 7 nitrogen and oxygen atoms in total. The van der Waals surface area contributed by atoms with Crippen LogP contribution in [0.5, 0.6) is 0 Å². The molecule has 0 atom stereocenters. The van der Waals surface area contributed by atoms with Gasteiger partial charge in [-0.15, -0.1) is 5.10 Å². The van der Waals surface area contributed by atoms with E-state index < -0.39 is 12.0 Å². The van der Waals surface area contributed by atoms with Gasteiger partial charge in [-0.1, -0.05) is 69.3 Å². The predicted molar refractivity (Wildman–Crippen MR) is 123 cm³/mol. The Kier molecular flexibility index (Phi) is 6.58. The molecular formula is C24H24F3N7. The van der Waals surface area contributed by atoms with Crippen LogP contribution >= 0.6 is 0 Å². The van der Waals surface area contributed by atoms with Crippen LogP contribution in [0.2, 0.25) is 0 Å². The van der Waals surface area contributed by atoms with Crippen molar-refractivity contribution in [2.45, 2.75) is 45.8 Å². The van der Waals surface area contributed by atoms with Crippen LogP contribution in [-0.2, 0) is 19.1 Å². The molecule has 2 N–H and O–H groups in total. The molecule has 4 aromatic rings. The minimum atomic E-state index is -4.61. The summed E-state index contributed by atoms with van der Waals surface area (Å²) in [6, 6.07) is 15.5. The van der Waals surface area contributed by atoms with E-state index in [-0.39, 0.29) is 11.7 Å². The highest BCUT2D eigenvalue weighted by Crippen LogP contribution is 2.33. The molecule has 0 unspecified atom stereocenters. The number of benzene rings is 2. The SMILES string of the molecule is CCc1nc(C(F)(F)F)nc(NCc2ccc(-c3ccccc3-c3nnn[nH]3)cc2)c1C(C)C. The molecule has 0 radical (unpaired) electrons. The second kappa shape index (κ2) is 9.58. The molecule has 10 heteroatoms. The molecule has 0 aliphatic heterocycles. The van der Waals surface area contributed by atoms with Crippen molar-refractivity contribution in [1.29, 1.82) is 0 Å². The number of anilines is 1. The lowest BCUT2D eigenvalue weighted by molar-refractivity contribution is -0.145. The summed E-state index contributed by atoms with van der Waals surface area (Å²) in [5.74, 6) is -0.353. The summed E-state index contributed by atoms with van der Waals surface area (Å²) in [5.41, 5.74) is 4.82. The number of aromatic nitrogens is 6. The third kappa shape index (κ3) is 4.90. The predicted octanol–water partition coefficient (Wildman–Crippen LogP) is 5.64. The smallest absolute Gasteiger partial charge is 0.366 e. The van der Waals surface area contributed by atoms with Crippen LogP contribution in [0.1, 0.15) is 49.3 Å². The van der Waals surface area contributed by atoms with Crippen molar-refractivity contribution in [3.05, 3.63) is 71.2 Å². The van der Waals surface area contributed by atoms with Gasteiger partial charge in [-0.3, -0.25) is 0 Å². The van der Waals surface area contributed by atoms with E-state index in [1.54, 1.807) is 6.92 Å². The number of rotatable bonds is 7. The van der Waals surface area contributed by atoms with Crippen molar-refractivity contribution < 1.29 is 13.2 Å². The Morgan fingerprint density at radius 2 is 1.68 bits per heavy atom. The first-order valence-electron chi connectivity index (χ1n) is 10.9. The van der Waals surface area contributed by atoms with Gasteiger partial charge in [-0.2, -0.15) is 13.2 Å². The fourth-order valence-electron chi connectivity index (χ4n) is 3.86. The van der Waals surface area contributed by atoms with Gasteiger partial charge in [-0.25, -0.2) is 15.1 Å². The number of aromatic amines is 1. The highest BCUT2D eigenvalue weighted by molar-refractivity contribution is 5.80. The van der Waals surface area contributed by atoms with Gasteiger partial charge in [0.15, 0.2) is 5.82 Å². The summed E-state index contributed by atoms with van der Waals surface area (Å²) in [4.78, 5) is 7.61. The summed E-state index contributed by atoms with van der Waals surface area (Å²) in [6.07, 6.45) is -4.22. The number of alkyl halides is 3. The quantitative estimate of drug-likeness (QED) is 0.365. The van der Waals surface area contributed by atoms with Crippen molar-refractivity contribution in [3.63, 3.8) is 0 Å². The van der Waals surface area contributed by atoms with Crippen LogP contribution < -0.4 is 5.32 Å². The van der Waals surface area contributed by atoms with Crippen LogP contribution in [-0.4, -0.2) is 30.6 Å². The summed E-state index contributed by atoms with van der Waals surface area (Å²) >= 11 is 0.